The fourth-order valence-corrected chi connectivity index (χ4v) is 8.68. The van der Waals surface area contributed by atoms with Crippen molar-refractivity contribution in [3.05, 3.63) is 184 Å². The van der Waals surface area contributed by atoms with Crippen molar-refractivity contribution in [1.82, 2.24) is 0 Å². The van der Waals surface area contributed by atoms with E-state index in [1.807, 2.05) is 12.1 Å². The molecule has 3 heteroatoms. The number of hydrogen-bond donors (Lipinski definition) is 0. The summed E-state index contributed by atoms with van der Waals surface area (Å²) in [6.45, 7) is 0. The number of para-hydroxylation sites is 2. The van der Waals surface area contributed by atoms with Crippen molar-refractivity contribution < 1.29 is 4.42 Å². The van der Waals surface area contributed by atoms with Crippen LogP contribution < -0.4 is 4.90 Å². The highest BCUT2D eigenvalue weighted by Gasteiger charge is 2.51. The van der Waals surface area contributed by atoms with Crippen LogP contribution in [0.3, 0.4) is 0 Å². The maximum absolute atomic E-state index is 6.29. The molecule has 0 amide bonds. The molecule has 0 bridgehead atoms. The highest BCUT2D eigenvalue weighted by atomic mass is 79.9. The van der Waals surface area contributed by atoms with Crippen molar-refractivity contribution in [3.8, 4) is 22.3 Å². The topological polar surface area (TPSA) is 16.4 Å². The van der Waals surface area contributed by atoms with Crippen LogP contribution in [0.5, 0.6) is 0 Å². The van der Waals surface area contributed by atoms with E-state index >= 15 is 0 Å². The summed E-state index contributed by atoms with van der Waals surface area (Å²) in [6, 6.07) is 57.3. The number of anilines is 3. The predicted octanol–water partition coefficient (Wildman–Crippen LogP) is 12.2. The molecule has 7 aromatic carbocycles. The molecule has 10 rings (SSSR count). The van der Waals surface area contributed by atoms with Crippen molar-refractivity contribution in [2.75, 3.05) is 4.90 Å². The fourth-order valence-electron chi connectivity index (χ4n) is 8.15. The van der Waals surface area contributed by atoms with Gasteiger partial charge in [-0.15, -0.1) is 0 Å². The quantitative estimate of drug-likeness (QED) is 0.189. The first-order valence-corrected chi connectivity index (χ1v) is 16.4. The second-order valence-corrected chi connectivity index (χ2v) is 13.0. The van der Waals surface area contributed by atoms with Gasteiger partial charge in [0.05, 0.1) is 9.89 Å². The van der Waals surface area contributed by atoms with Gasteiger partial charge < -0.3 is 9.32 Å². The Morgan fingerprint density at radius 2 is 1.00 bits per heavy atom. The molecule has 0 N–H and O–H groups in total. The van der Waals surface area contributed by atoms with Crippen LogP contribution in [-0.4, -0.2) is 0 Å². The van der Waals surface area contributed by atoms with Crippen LogP contribution in [0.2, 0.25) is 0 Å². The average Bonchev–Trinajstić information content (AvgIpc) is 3.74. The maximum Gasteiger partial charge on any atom is 0.149 e. The first-order valence-electron chi connectivity index (χ1n) is 15.6. The Kier molecular flexibility index (Phi) is 5.38. The highest BCUT2D eigenvalue weighted by Crippen LogP contribution is 2.63. The lowest BCUT2D eigenvalue weighted by atomic mass is 9.70. The molecular weight excluding hydrogens is 626 g/mol. The Morgan fingerprint density at radius 1 is 0.435 bits per heavy atom. The van der Waals surface area contributed by atoms with Crippen molar-refractivity contribution in [2.24, 2.45) is 0 Å². The summed E-state index contributed by atoms with van der Waals surface area (Å²) in [7, 11) is 0. The Morgan fingerprint density at radius 3 is 1.67 bits per heavy atom. The normalized spacial score (nSPS) is 13.5. The molecule has 0 saturated carbocycles. The molecular formula is C43H26BrNO. The minimum Gasteiger partial charge on any atom is -0.455 e. The standard InChI is InChI=1S/C43H26BrNO/c44-40-26-29(24-35-34-17-7-11-21-41(34)46-42(35)40)45(27-12-2-1-3-13-27)28-22-23-33-32-16-6-10-20-38(32)43(39(33)25-28)36-18-8-4-14-30(36)31-15-5-9-19-37(31)43/h1-26H. The molecule has 8 aromatic rings. The summed E-state index contributed by atoms with van der Waals surface area (Å²) in [4.78, 5) is 2.37. The zero-order valence-electron chi connectivity index (χ0n) is 24.7. The van der Waals surface area contributed by atoms with Crippen molar-refractivity contribution in [2.45, 2.75) is 5.41 Å². The van der Waals surface area contributed by atoms with Gasteiger partial charge in [-0.3, -0.25) is 0 Å². The number of halogens is 1. The lowest BCUT2D eigenvalue weighted by Crippen LogP contribution is -2.26. The van der Waals surface area contributed by atoms with E-state index in [2.05, 4.69) is 166 Å². The van der Waals surface area contributed by atoms with E-state index in [1.54, 1.807) is 0 Å². The van der Waals surface area contributed by atoms with E-state index in [1.165, 1.54) is 44.5 Å². The van der Waals surface area contributed by atoms with E-state index in [9.17, 15) is 0 Å². The Hall–Kier alpha value is -5.38. The lowest BCUT2D eigenvalue weighted by molar-refractivity contribution is 0.667. The molecule has 46 heavy (non-hydrogen) atoms. The second kappa shape index (κ2) is 9.56. The van der Waals surface area contributed by atoms with Crippen LogP contribution in [0.15, 0.2) is 167 Å². The SMILES string of the molecule is Brc1cc(N(c2ccccc2)c2ccc3c(c2)C2(c4ccccc4-c4ccccc42)c2ccccc2-3)cc2c1oc1ccccc12. The minimum atomic E-state index is -0.400. The molecule has 1 heterocycles. The number of nitrogens with zero attached hydrogens (tertiary/aromatic N) is 1. The smallest absolute Gasteiger partial charge is 0.149 e. The summed E-state index contributed by atoms with van der Waals surface area (Å²) >= 11 is 3.87. The molecule has 0 saturated heterocycles. The first kappa shape index (κ1) is 25.9. The first-order chi connectivity index (χ1) is 22.7. The van der Waals surface area contributed by atoms with Gasteiger partial charge in [0.1, 0.15) is 11.2 Å². The molecule has 0 aliphatic heterocycles. The summed E-state index contributed by atoms with van der Waals surface area (Å²) in [5, 5.41) is 2.19. The van der Waals surface area contributed by atoms with Gasteiger partial charge in [0, 0.05) is 27.8 Å². The molecule has 2 nitrogen and oxygen atoms in total. The van der Waals surface area contributed by atoms with Gasteiger partial charge in [0.2, 0.25) is 0 Å². The summed E-state index contributed by atoms with van der Waals surface area (Å²) < 4.78 is 7.22. The molecule has 0 unspecified atom stereocenters. The maximum atomic E-state index is 6.29. The third-order valence-electron chi connectivity index (χ3n) is 9.93. The molecule has 0 fully saturated rings. The third kappa shape index (κ3) is 3.36. The summed E-state index contributed by atoms with van der Waals surface area (Å²) in [5.74, 6) is 0. The molecule has 1 spiro atoms. The van der Waals surface area contributed by atoms with Crippen LogP contribution in [0.4, 0.5) is 17.1 Å². The fraction of sp³-hybridized carbons (Fsp3) is 0.0233. The Bertz CT molecular complexity index is 2450. The van der Waals surface area contributed by atoms with Crippen molar-refractivity contribution in [3.63, 3.8) is 0 Å². The molecule has 2 aliphatic carbocycles. The van der Waals surface area contributed by atoms with E-state index in [0.717, 1.165) is 43.5 Å². The van der Waals surface area contributed by atoms with Crippen molar-refractivity contribution >= 4 is 54.9 Å². The van der Waals surface area contributed by atoms with Gasteiger partial charge in [-0.25, -0.2) is 0 Å². The van der Waals surface area contributed by atoms with E-state index in [0.29, 0.717) is 0 Å². The number of hydrogen-bond acceptors (Lipinski definition) is 2. The minimum absolute atomic E-state index is 0.400. The number of fused-ring (bicyclic) bond motifs is 13. The largest absolute Gasteiger partial charge is 0.455 e. The van der Waals surface area contributed by atoms with Crippen LogP contribution in [-0.2, 0) is 5.41 Å². The molecule has 0 radical (unpaired) electrons. The van der Waals surface area contributed by atoms with E-state index in [-0.39, 0.29) is 0 Å². The van der Waals surface area contributed by atoms with Crippen LogP contribution in [0, 0.1) is 0 Å². The lowest BCUT2D eigenvalue weighted by Gasteiger charge is -2.32. The van der Waals surface area contributed by atoms with Crippen LogP contribution >= 0.6 is 15.9 Å². The zero-order valence-corrected chi connectivity index (χ0v) is 26.3. The average molecular weight is 653 g/mol. The Balaban J connectivity index is 1.27. The molecule has 1 aromatic heterocycles. The van der Waals surface area contributed by atoms with E-state index < -0.39 is 5.41 Å². The van der Waals surface area contributed by atoms with Gasteiger partial charge in [0.25, 0.3) is 0 Å². The number of furan rings is 1. The number of rotatable bonds is 3. The van der Waals surface area contributed by atoms with Gasteiger partial charge in [-0.2, -0.15) is 0 Å². The van der Waals surface area contributed by atoms with Gasteiger partial charge >= 0.3 is 0 Å². The van der Waals surface area contributed by atoms with Crippen LogP contribution in [0.25, 0.3) is 44.2 Å². The van der Waals surface area contributed by atoms with E-state index in [4.69, 9.17) is 4.42 Å². The molecule has 2 aliphatic rings. The molecule has 216 valence electrons. The second-order valence-electron chi connectivity index (χ2n) is 12.2. The summed E-state index contributed by atoms with van der Waals surface area (Å²) in [6.07, 6.45) is 0. The highest BCUT2D eigenvalue weighted by molar-refractivity contribution is 9.10. The van der Waals surface area contributed by atoms with Crippen LogP contribution in [0.1, 0.15) is 22.3 Å². The molecule has 0 atom stereocenters. The van der Waals surface area contributed by atoms with Gasteiger partial charge in [-0.1, -0.05) is 115 Å². The predicted molar refractivity (Wildman–Crippen MR) is 192 cm³/mol. The third-order valence-corrected chi connectivity index (χ3v) is 10.5. The van der Waals surface area contributed by atoms with Crippen molar-refractivity contribution in [1.29, 1.82) is 0 Å². The monoisotopic (exact) mass is 651 g/mol. The van der Waals surface area contributed by atoms with Gasteiger partial charge in [0.15, 0.2) is 0 Å². The number of benzene rings is 7. The zero-order chi connectivity index (χ0) is 30.4. The Labute approximate surface area is 275 Å². The summed E-state index contributed by atoms with van der Waals surface area (Å²) in [5.41, 5.74) is 15.2. The van der Waals surface area contributed by atoms with Gasteiger partial charge in [-0.05, 0) is 103 Å².